The predicted octanol–water partition coefficient (Wildman–Crippen LogP) is 6.25. The second-order valence-electron chi connectivity index (χ2n) is 10.5. The van der Waals surface area contributed by atoms with Crippen molar-refractivity contribution in [3.05, 3.63) is 28.8 Å². The molecular weight excluding hydrogens is 336 g/mol. The van der Waals surface area contributed by atoms with Crippen molar-refractivity contribution in [2.24, 2.45) is 22.7 Å². The van der Waals surface area contributed by atoms with E-state index in [1.165, 1.54) is 11.1 Å². The summed E-state index contributed by atoms with van der Waals surface area (Å²) in [6.07, 6.45) is 0.777. The van der Waals surface area contributed by atoms with Crippen LogP contribution < -0.4 is 4.74 Å². The second kappa shape index (κ2) is 6.77. The van der Waals surface area contributed by atoms with Gasteiger partial charge < -0.3 is 14.2 Å². The van der Waals surface area contributed by atoms with Crippen LogP contribution in [0.3, 0.4) is 0 Å². The molecule has 0 amide bonds. The molecule has 4 atom stereocenters. The summed E-state index contributed by atoms with van der Waals surface area (Å²) in [5.41, 5.74) is 3.90. The number of methoxy groups -OCH3 is 1. The molecule has 0 spiro atoms. The van der Waals surface area contributed by atoms with Gasteiger partial charge in [0.1, 0.15) is 5.75 Å². The lowest BCUT2D eigenvalue weighted by atomic mass is 9.66. The van der Waals surface area contributed by atoms with Gasteiger partial charge in [-0.3, -0.25) is 0 Å². The lowest BCUT2D eigenvalue weighted by Gasteiger charge is -2.55. The first-order valence-corrected chi connectivity index (χ1v) is 10.4. The molecule has 2 aliphatic heterocycles. The third-order valence-corrected chi connectivity index (χ3v) is 6.78. The van der Waals surface area contributed by atoms with Gasteiger partial charge in [-0.15, -0.1) is 0 Å². The number of benzene rings is 1. The quantitative estimate of drug-likeness (QED) is 0.610. The third-order valence-electron chi connectivity index (χ3n) is 6.78. The van der Waals surface area contributed by atoms with E-state index in [-0.39, 0.29) is 29.1 Å². The third kappa shape index (κ3) is 3.11. The maximum absolute atomic E-state index is 6.33. The van der Waals surface area contributed by atoms with Crippen molar-refractivity contribution in [2.45, 2.75) is 86.7 Å². The highest BCUT2D eigenvalue weighted by Crippen LogP contribution is 2.58. The van der Waals surface area contributed by atoms with Crippen LogP contribution >= 0.6 is 0 Å². The van der Waals surface area contributed by atoms with Gasteiger partial charge in [0, 0.05) is 16.4 Å². The van der Waals surface area contributed by atoms with Gasteiger partial charge in [0.2, 0.25) is 0 Å². The summed E-state index contributed by atoms with van der Waals surface area (Å²) in [5.74, 6) is 1.96. The standard InChI is InChI=1S/C24H38O3/c1-13(2)19-23(6,7)21(26-19)16-12-18(25-10)17(11-15(16)5)22-24(8,9)20(27-22)14(3)4/h11-14,19-22H,1-10H3. The first kappa shape index (κ1) is 20.7. The monoisotopic (exact) mass is 374 g/mol. The van der Waals surface area contributed by atoms with Crippen molar-refractivity contribution in [3.8, 4) is 5.75 Å². The Balaban J connectivity index is 1.92. The van der Waals surface area contributed by atoms with E-state index in [9.17, 15) is 0 Å². The average molecular weight is 375 g/mol. The average Bonchev–Trinajstić information content (AvgIpc) is 2.54. The molecule has 0 bridgehead atoms. The van der Waals surface area contributed by atoms with E-state index < -0.39 is 0 Å². The Hall–Kier alpha value is -1.06. The number of aryl methyl sites for hydroxylation is 1. The molecule has 0 aromatic heterocycles. The fraction of sp³-hybridized carbons (Fsp3) is 0.750. The van der Waals surface area contributed by atoms with Crippen molar-refractivity contribution >= 4 is 0 Å². The molecule has 1 aromatic rings. The summed E-state index contributed by atoms with van der Waals surface area (Å²) in [6.45, 7) is 20.4. The van der Waals surface area contributed by atoms with Crippen LogP contribution in [0.1, 0.15) is 84.3 Å². The molecule has 2 aliphatic rings. The summed E-state index contributed by atoms with van der Waals surface area (Å²) in [6, 6.07) is 4.45. The maximum Gasteiger partial charge on any atom is 0.125 e. The molecule has 3 rings (SSSR count). The SMILES string of the molecule is COc1cc(C2OC(C(C)C)C2(C)C)c(C)cc1C1OC(C(C)C)C1(C)C. The van der Waals surface area contributed by atoms with Gasteiger partial charge >= 0.3 is 0 Å². The lowest BCUT2D eigenvalue weighted by Crippen LogP contribution is -2.53. The van der Waals surface area contributed by atoms with Gasteiger partial charge in [0.25, 0.3) is 0 Å². The first-order valence-electron chi connectivity index (χ1n) is 10.4. The Bertz CT molecular complexity index is 702. The fourth-order valence-electron chi connectivity index (χ4n) is 5.52. The Morgan fingerprint density at radius 1 is 0.815 bits per heavy atom. The van der Waals surface area contributed by atoms with Crippen LogP contribution in [-0.2, 0) is 9.47 Å². The molecule has 2 saturated heterocycles. The van der Waals surface area contributed by atoms with Gasteiger partial charge in [0.15, 0.2) is 0 Å². The number of hydrogen-bond acceptors (Lipinski definition) is 3. The largest absolute Gasteiger partial charge is 0.496 e. The molecule has 0 radical (unpaired) electrons. The maximum atomic E-state index is 6.33. The van der Waals surface area contributed by atoms with Crippen molar-refractivity contribution < 1.29 is 14.2 Å². The molecule has 152 valence electrons. The van der Waals surface area contributed by atoms with Crippen LogP contribution in [0, 0.1) is 29.6 Å². The molecule has 27 heavy (non-hydrogen) atoms. The minimum atomic E-state index is 0.0753. The van der Waals surface area contributed by atoms with Crippen LogP contribution in [0.25, 0.3) is 0 Å². The van der Waals surface area contributed by atoms with Crippen LogP contribution in [0.5, 0.6) is 5.75 Å². The molecule has 0 saturated carbocycles. The fourth-order valence-corrected chi connectivity index (χ4v) is 5.52. The van der Waals surface area contributed by atoms with E-state index >= 15 is 0 Å². The summed E-state index contributed by atoms with van der Waals surface area (Å²) in [4.78, 5) is 0. The van der Waals surface area contributed by atoms with E-state index in [0.29, 0.717) is 17.9 Å². The zero-order chi connectivity index (χ0) is 20.3. The second-order valence-corrected chi connectivity index (χ2v) is 10.5. The minimum Gasteiger partial charge on any atom is -0.496 e. The molecule has 4 unspecified atom stereocenters. The summed E-state index contributed by atoms with van der Waals surface area (Å²) >= 11 is 0. The van der Waals surface area contributed by atoms with Gasteiger partial charge in [-0.25, -0.2) is 0 Å². The summed E-state index contributed by atoms with van der Waals surface area (Å²) in [7, 11) is 1.76. The normalized spacial score (nSPS) is 31.6. The van der Waals surface area contributed by atoms with E-state index in [0.717, 1.165) is 11.3 Å². The van der Waals surface area contributed by atoms with E-state index in [2.05, 4.69) is 74.4 Å². The molecule has 0 aliphatic carbocycles. The Kier molecular flexibility index (Phi) is 5.18. The van der Waals surface area contributed by atoms with Gasteiger partial charge in [-0.2, -0.15) is 0 Å². The zero-order valence-corrected chi connectivity index (χ0v) is 18.8. The van der Waals surface area contributed by atoms with E-state index in [1.807, 2.05) is 0 Å². The van der Waals surface area contributed by atoms with Crippen molar-refractivity contribution in [1.29, 1.82) is 0 Å². The topological polar surface area (TPSA) is 27.7 Å². The van der Waals surface area contributed by atoms with E-state index in [1.54, 1.807) is 7.11 Å². The van der Waals surface area contributed by atoms with Crippen LogP contribution in [-0.4, -0.2) is 19.3 Å². The first-order chi connectivity index (χ1) is 12.4. The predicted molar refractivity (Wildman–Crippen MR) is 110 cm³/mol. The molecular formula is C24H38O3. The molecule has 1 aromatic carbocycles. The molecule has 0 N–H and O–H groups in total. The Morgan fingerprint density at radius 3 is 1.63 bits per heavy atom. The van der Waals surface area contributed by atoms with Crippen molar-refractivity contribution in [2.75, 3.05) is 7.11 Å². The number of rotatable bonds is 5. The smallest absolute Gasteiger partial charge is 0.125 e. The van der Waals surface area contributed by atoms with Crippen LogP contribution in [0.2, 0.25) is 0 Å². The number of hydrogen-bond donors (Lipinski definition) is 0. The molecule has 3 nitrogen and oxygen atoms in total. The highest BCUT2D eigenvalue weighted by molar-refractivity contribution is 5.47. The zero-order valence-electron chi connectivity index (χ0n) is 18.8. The summed E-state index contributed by atoms with van der Waals surface area (Å²) < 4.78 is 18.5. The van der Waals surface area contributed by atoms with Gasteiger partial charge in [-0.1, -0.05) is 55.4 Å². The highest BCUT2D eigenvalue weighted by atomic mass is 16.5. The molecule has 2 heterocycles. The Morgan fingerprint density at radius 2 is 1.26 bits per heavy atom. The number of ether oxygens (including phenoxy) is 3. The molecule has 3 heteroatoms. The van der Waals surface area contributed by atoms with Crippen LogP contribution in [0.15, 0.2) is 12.1 Å². The highest BCUT2D eigenvalue weighted by Gasteiger charge is 2.54. The van der Waals surface area contributed by atoms with Gasteiger partial charge in [-0.05, 0) is 42.0 Å². The van der Waals surface area contributed by atoms with Crippen molar-refractivity contribution in [1.82, 2.24) is 0 Å². The van der Waals surface area contributed by atoms with Gasteiger partial charge in [0.05, 0.1) is 31.5 Å². The van der Waals surface area contributed by atoms with E-state index in [4.69, 9.17) is 14.2 Å². The summed E-state index contributed by atoms with van der Waals surface area (Å²) in [5, 5.41) is 0. The van der Waals surface area contributed by atoms with Crippen molar-refractivity contribution in [3.63, 3.8) is 0 Å². The lowest BCUT2D eigenvalue weighted by molar-refractivity contribution is -0.257. The van der Waals surface area contributed by atoms with Crippen LogP contribution in [0.4, 0.5) is 0 Å². The minimum absolute atomic E-state index is 0.0753. The molecule has 2 fully saturated rings. The Labute approximate surface area is 165 Å².